The SMILES string of the molecule is C=C1/C(=C\C=C2/CCC[C@@]3(C)[C@H]2CCI3[C@H](C)CCCCC(O)(CC)CC)C[C@@H](O)C[C@@H]1O. The first-order valence-corrected chi connectivity index (χ1v) is 17.3. The van der Waals surface area contributed by atoms with Crippen LogP contribution in [0.5, 0.6) is 0 Å². The molecule has 33 heavy (non-hydrogen) atoms. The zero-order valence-corrected chi connectivity index (χ0v) is 23.7. The van der Waals surface area contributed by atoms with Crippen LogP contribution in [0.15, 0.2) is 35.5 Å². The van der Waals surface area contributed by atoms with Gasteiger partial charge in [-0.15, -0.1) is 0 Å². The van der Waals surface area contributed by atoms with Crippen molar-refractivity contribution in [1.29, 1.82) is 0 Å². The number of rotatable bonds is 9. The number of unbranched alkanes of at least 4 members (excludes halogenated alkanes) is 1. The third kappa shape index (κ3) is 6.34. The van der Waals surface area contributed by atoms with Crippen LogP contribution in [-0.2, 0) is 0 Å². The van der Waals surface area contributed by atoms with E-state index in [1.807, 2.05) is 0 Å². The number of hydrogen-bond donors (Lipinski definition) is 3. The van der Waals surface area contributed by atoms with Gasteiger partial charge in [0, 0.05) is 0 Å². The number of allylic oxidation sites excluding steroid dienone is 3. The van der Waals surface area contributed by atoms with Crippen molar-refractivity contribution in [3.8, 4) is 0 Å². The Morgan fingerprint density at radius 3 is 2.64 bits per heavy atom. The average Bonchev–Trinajstić information content (AvgIpc) is 3.15. The van der Waals surface area contributed by atoms with E-state index in [0.717, 1.165) is 46.7 Å². The zero-order valence-electron chi connectivity index (χ0n) is 21.6. The van der Waals surface area contributed by atoms with E-state index < -0.39 is 37.6 Å². The molecule has 5 atom stereocenters. The van der Waals surface area contributed by atoms with Gasteiger partial charge < -0.3 is 0 Å². The third-order valence-corrected chi connectivity index (χ3v) is 18.4. The fourth-order valence-corrected chi connectivity index (χ4v) is 16.4. The Morgan fingerprint density at radius 2 is 1.94 bits per heavy atom. The van der Waals surface area contributed by atoms with Crippen LogP contribution in [0.4, 0.5) is 0 Å². The molecule has 1 heterocycles. The van der Waals surface area contributed by atoms with E-state index in [1.165, 1.54) is 43.0 Å². The van der Waals surface area contributed by atoms with E-state index >= 15 is 0 Å². The summed E-state index contributed by atoms with van der Waals surface area (Å²) in [5.74, 6) is 0.729. The minimum absolute atomic E-state index is 0.412. The van der Waals surface area contributed by atoms with Gasteiger partial charge in [0.15, 0.2) is 0 Å². The van der Waals surface area contributed by atoms with Gasteiger partial charge in [0.2, 0.25) is 0 Å². The van der Waals surface area contributed by atoms with E-state index in [4.69, 9.17) is 0 Å². The molecule has 1 aliphatic heterocycles. The van der Waals surface area contributed by atoms with Gasteiger partial charge in [-0.25, -0.2) is 0 Å². The topological polar surface area (TPSA) is 60.7 Å². The summed E-state index contributed by atoms with van der Waals surface area (Å²) in [7, 11) is 0. The quantitative estimate of drug-likeness (QED) is 0.160. The first-order chi connectivity index (χ1) is 15.6. The molecule has 0 bridgehead atoms. The Bertz CT molecular complexity index is 737. The summed E-state index contributed by atoms with van der Waals surface area (Å²) in [6.07, 6.45) is 16.2. The predicted octanol–water partition coefficient (Wildman–Crippen LogP) is 6.88. The molecule has 0 amide bonds. The van der Waals surface area contributed by atoms with Gasteiger partial charge in [-0.2, -0.15) is 0 Å². The van der Waals surface area contributed by atoms with Crippen LogP contribution < -0.4 is 0 Å². The molecule has 3 N–H and O–H groups in total. The Morgan fingerprint density at radius 1 is 1.21 bits per heavy atom. The molecule has 0 aromatic rings. The van der Waals surface area contributed by atoms with Crippen molar-refractivity contribution in [3.63, 3.8) is 0 Å². The second kappa shape index (κ2) is 11.7. The number of halogens is 1. The molecule has 3 fully saturated rings. The molecule has 2 aliphatic carbocycles. The van der Waals surface area contributed by atoms with Crippen molar-refractivity contribution in [2.24, 2.45) is 5.92 Å². The molecule has 0 spiro atoms. The van der Waals surface area contributed by atoms with Crippen molar-refractivity contribution in [2.45, 2.75) is 130 Å². The molecule has 0 radical (unpaired) electrons. The summed E-state index contributed by atoms with van der Waals surface area (Å²) >= 11 is -1.09. The number of alkyl halides is 3. The van der Waals surface area contributed by atoms with Crippen LogP contribution in [0, 0.1) is 5.92 Å². The fourth-order valence-electron chi connectivity index (χ4n) is 6.48. The van der Waals surface area contributed by atoms with Gasteiger partial charge in [-0.3, -0.25) is 0 Å². The van der Waals surface area contributed by atoms with Crippen molar-refractivity contribution < 1.29 is 15.3 Å². The van der Waals surface area contributed by atoms with Crippen LogP contribution in [0.2, 0.25) is 0 Å². The molecule has 0 unspecified atom stereocenters. The normalized spacial score (nSPS) is 35.3. The van der Waals surface area contributed by atoms with Gasteiger partial charge in [0.05, 0.1) is 0 Å². The average molecular weight is 573 g/mol. The number of hydrogen-bond acceptors (Lipinski definition) is 3. The third-order valence-electron chi connectivity index (χ3n) is 8.99. The molecular weight excluding hydrogens is 523 g/mol. The molecule has 2 saturated carbocycles. The van der Waals surface area contributed by atoms with E-state index in [1.54, 1.807) is 5.57 Å². The molecular formula is C29H49IO3. The van der Waals surface area contributed by atoms with Gasteiger partial charge in [-0.05, 0) is 0 Å². The Kier molecular flexibility index (Phi) is 9.73. The van der Waals surface area contributed by atoms with E-state index in [-0.39, 0.29) is 0 Å². The summed E-state index contributed by atoms with van der Waals surface area (Å²) in [5.41, 5.74) is 2.99. The molecule has 4 heteroatoms. The molecule has 3 rings (SSSR count). The van der Waals surface area contributed by atoms with Crippen LogP contribution in [0.3, 0.4) is 0 Å². The molecule has 1 saturated heterocycles. The number of aliphatic hydroxyl groups excluding tert-OH is 2. The first kappa shape index (κ1) is 27.4. The summed E-state index contributed by atoms with van der Waals surface area (Å²) in [6, 6.07) is 0. The monoisotopic (exact) mass is 572 g/mol. The second-order valence-corrected chi connectivity index (χ2v) is 19.0. The summed E-state index contributed by atoms with van der Waals surface area (Å²) < 4.78 is 2.92. The number of aliphatic hydroxyl groups is 3. The second-order valence-electron chi connectivity index (χ2n) is 11.1. The van der Waals surface area contributed by atoms with Crippen molar-refractivity contribution in [2.75, 3.05) is 4.43 Å². The van der Waals surface area contributed by atoms with Gasteiger partial charge >= 0.3 is 211 Å². The molecule has 0 aromatic carbocycles. The summed E-state index contributed by atoms with van der Waals surface area (Å²) in [5, 5.41) is 30.8. The maximum atomic E-state index is 10.6. The standard InChI is InChI=1S/C29H49IO3/c1-6-29(33,7-2)17-9-8-11-21(3)30-18-15-26-23(12-10-16-28(26,30)5)13-14-24-19-25(31)20-27(32)22(24)4/h13-14,21,25-27,31-33H,4,6-12,15-20H2,1-3,5H3/b23-13+,24-14-/t21-,25-,26+,27+,28+/m1/s1. The van der Waals surface area contributed by atoms with Gasteiger partial charge in [0.25, 0.3) is 0 Å². The van der Waals surface area contributed by atoms with E-state index in [2.05, 4.69) is 46.4 Å². The molecule has 3 aliphatic rings. The van der Waals surface area contributed by atoms with Crippen molar-refractivity contribution in [1.82, 2.24) is 0 Å². The summed E-state index contributed by atoms with van der Waals surface area (Å²) in [4.78, 5) is 0. The van der Waals surface area contributed by atoms with Gasteiger partial charge in [0.1, 0.15) is 0 Å². The van der Waals surface area contributed by atoms with Crippen molar-refractivity contribution >= 4 is 19.8 Å². The zero-order chi connectivity index (χ0) is 24.2. The minimum atomic E-state index is -1.09. The van der Waals surface area contributed by atoms with E-state index in [0.29, 0.717) is 16.3 Å². The Labute approximate surface area is 210 Å². The first-order valence-electron chi connectivity index (χ1n) is 13.4. The van der Waals surface area contributed by atoms with E-state index in [9.17, 15) is 15.3 Å². The fraction of sp³-hybridized carbons (Fsp3) is 0.793. The predicted molar refractivity (Wildman–Crippen MR) is 149 cm³/mol. The Hall–Kier alpha value is -0.170. The van der Waals surface area contributed by atoms with Crippen LogP contribution >= 0.6 is 19.8 Å². The van der Waals surface area contributed by atoms with Crippen LogP contribution in [-0.4, -0.2) is 44.9 Å². The van der Waals surface area contributed by atoms with Crippen molar-refractivity contribution in [3.05, 3.63) is 35.5 Å². The number of fused-ring (bicyclic) bond motifs is 1. The summed E-state index contributed by atoms with van der Waals surface area (Å²) in [6.45, 7) is 13.5. The maximum absolute atomic E-state index is 10.6. The van der Waals surface area contributed by atoms with Crippen LogP contribution in [0.25, 0.3) is 0 Å². The van der Waals surface area contributed by atoms with Crippen LogP contribution in [0.1, 0.15) is 105 Å². The molecule has 0 aromatic heterocycles. The molecule has 190 valence electrons. The van der Waals surface area contributed by atoms with Gasteiger partial charge in [-0.1, -0.05) is 0 Å². The Balaban J connectivity index is 1.62. The molecule has 3 nitrogen and oxygen atoms in total.